The first kappa shape index (κ1) is 22.9. The van der Waals surface area contributed by atoms with Crippen LogP contribution >= 0.6 is 0 Å². The average molecular weight is 431 g/mol. The Kier molecular flexibility index (Phi) is 6.50. The molecule has 31 heavy (non-hydrogen) atoms. The molecule has 0 spiro atoms. The summed E-state index contributed by atoms with van der Waals surface area (Å²) in [6.07, 6.45) is 1.11. The van der Waals surface area contributed by atoms with E-state index in [1.54, 1.807) is 11.8 Å². The summed E-state index contributed by atoms with van der Waals surface area (Å²) in [6.45, 7) is 9.49. The van der Waals surface area contributed by atoms with E-state index in [1.807, 2.05) is 56.7 Å². The number of hydrogen-bond acceptors (Lipinski definition) is 6. The van der Waals surface area contributed by atoms with Crippen LogP contribution in [0.3, 0.4) is 0 Å². The summed E-state index contributed by atoms with van der Waals surface area (Å²) in [5, 5.41) is 4.39. The molecule has 3 rings (SSSR count). The second-order valence-electron chi connectivity index (χ2n) is 9.27. The Balaban J connectivity index is 1.61. The number of rotatable bonds is 5. The lowest BCUT2D eigenvalue weighted by Crippen LogP contribution is -2.55. The van der Waals surface area contributed by atoms with Crippen LogP contribution in [-0.4, -0.2) is 58.9 Å². The Bertz CT molecular complexity index is 952. The van der Waals surface area contributed by atoms with Gasteiger partial charge in [-0.3, -0.25) is 0 Å². The van der Waals surface area contributed by atoms with Crippen LogP contribution in [0.5, 0.6) is 0 Å². The number of nitrogens with one attached hydrogen (secondary N) is 1. The van der Waals surface area contributed by atoms with Gasteiger partial charge in [0.25, 0.3) is 0 Å². The van der Waals surface area contributed by atoms with E-state index in [-0.39, 0.29) is 12.1 Å². The minimum Gasteiger partial charge on any atom is -0.461 e. The predicted molar refractivity (Wildman–Crippen MR) is 121 cm³/mol. The number of nitrogens with zero attached hydrogens (tertiary/aromatic N) is 2. The first-order chi connectivity index (χ1) is 14.5. The number of carbonyl (C=O) groups is 2. The van der Waals surface area contributed by atoms with Crippen molar-refractivity contribution in [3.63, 3.8) is 0 Å². The molecule has 0 atom stereocenters. The van der Waals surface area contributed by atoms with Gasteiger partial charge in [-0.15, -0.1) is 0 Å². The first-order valence-electron chi connectivity index (χ1n) is 10.8. The number of fused-ring (bicyclic) bond motifs is 1. The molecule has 2 heterocycles. The summed E-state index contributed by atoms with van der Waals surface area (Å²) in [4.78, 5) is 26.1. The molecule has 0 radical (unpaired) electrons. The van der Waals surface area contributed by atoms with Gasteiger partial charge in [0.2, 0.25) is 0 Å². The number of hydrogen-bond donors (Lipinski definition) is 2. The molecular formula is C23H34N4O4. The lowest BCUT2D eigenvalue weighted by molar-refractivity contribution is 0.0174. The average Bonchev–Trinajstić information content (AvgIpc) is 3.02. The fourth-order valence-electron chi connectivity index (χ4n) is 3.78. The fraction of sp³-hybridized carbons (Fsp3) is 0.565. The van der Waals surface area contributed by atoms with E-state index in [1.165, 1.54) is 0 Å². The van der Waals surface area contributed by atoms with Crippen molar-refractivity contribution in [2.75, 3.05) is 31.6 Å². The molecule has 170 valence electrons. The van der Waals surface area contributed by atoms with Gasteiger partial charge in [0.05, 0.1) is 6.61 Å². The summed E-state index contributed by atoms with van der Waals surface area (Å²) in [7, 11) is 1.86. The summed E-state index contributed by atoms with van der Waals surface area (Å²) in [5.74, 6) is -0.326. The van der Waals surface area contributed by atoms with Crippen LogP contribution in [0.25, 0.3) is 10.9 Å². The van der Waals surface area contributed by atoms with Crippen LogP contribution < -0.4 is 11.1 Å². The van der Waals surface area contributed by atoms with Crippen molar-refractivity contribution in [1.29, 1.82) is 0 Å². The third-order valence-electron chi connectivity index (χ3n) is 5.58. The third-order valence-corrected chi connectivity index (χ3v) is 5.58. The standard InChI is InChI=1S/C23H34N4O4/c1-6-30-20(28)19-14-16-13-17(7-8-18(16)26(19)5)25-15-23(24)9-11-27(12-10-23)21(29)31-22(2,3)4/h7-8,13-14,25H,6,9-12,15,24H2,1-5H3. The van der Waals surface area contributed by atoms with Gasteiger partial charge in [-0.25, -0.2) is 9.59 Å². The number of carbonyl (C=O) groups excluding carboxylic acids is 2. The minimum absolute atomic E-state index is 0.283. The molecule has 1 saturated heterocycles. The van der Waals surface area contributed by atoms with E-state index in [2.05, 4.69) is 5.32 Å². The number of nitrogens with two attached hydrogens (primary N) is 1. The lowest BCUT2D eigenvalue weighted by Gasteiger charge is -2.39. The molecule has 1 aromatic carbocycles. The van der Waals surface area contributed by atoms with Crippen molar-refractivity contribution in [3.8, 4) is 0 Å². The molecular weight excluding hydrogens is 396 g/mol. The Hall–Kier alpha value is -2.74. The molecule has 2 aromatic rings. The maximum Gasteiger partial charge on any atom is 0.410 e. The number of anilines is 1. The SMILES string of the molecule is CCOC(=O)c1cc2cc(NCC3(N)CCN(C(=O)OC(C)(C)C)CC3)ccc2n1C. The number of esters is 1. The maximum atomic E-state index is 12.3. The maximum absolute atomic E-state index is 12.3. The van der Waals surface area contributed by atoms with Crippen molar-refractivity contribution in [2.24, 2.45) is 12.8 Å². The number of aromatic nitrogens is 1. The second kappa shape index (κ2) is 8.78. The molecule has 1 aromatic heterocycles. The van der Waals surface area contributed by atoms with Gasteiger partial charge < -0.3 is 30.0 Å². The van der Waals surface area contributed by atoms with Crippen molar-refractivity contribution in [3.05, 3.63) is 30.0 Å². The second-order valence-corrected chi connectivity index (χ2v) is 9.27. The number of amides is 1. The van der Waals surface area contributed by atoms with Gasteiger partial charge in [-0.2, -0.15) is 0 Å². The smallest absolute Gasteiger partial charge is 0.410 e. The van der Waals surface area contributed by atoms with Gasteiger partial charge in [0.15, 0.2) is 0 Å². The zero-order valence-corrected chi connectivity index (χ0v) is 19.2. The number of aryl methyl sites for hydroxylation is 1. The molecule has 8 heteroatoms. The molecule has 0 unspecified atom stereocenters. The Labute approximate surface area is 183 Å². The minimum atomic E-state index is -0.501. The molecule has 0 bridgehead atoms. The van der Waals surface area contributed by atoms with E-state index >= 15 is 0 Å². The van der Waals surface area contributed by atoms with Crippen LogP contribution in [0.2, 0.25) is 0 Å². The summed E-state index contributed by atoms with van der Waals surface area (Å²) in [5.41, 5.74) is 8.12. The first-order valence-corrected chi connectivity index (χ1v) is 10.8. The van der Waals surface area contributed by atoms with Gasteiger partial charge in [0, 0.05) is 48.8 Å². The Morgan fingerprint density at radius 1 is 1.19 bits per heavy atom. The fourth-order valence-corrected chi connectivity index (χ4v) is 3.78. The highest BCUT2D eigenvalue weighted by molar-refractivity contribution is 5.96. The van der Waals surface area contributed by atoms with Crippen molar-refractivity contribution < 1.29 is 19.1 Å². The van der Waals surface area contributed by atoms with Crippen LogP contribution in [-0.2, 0) is 16.5 Å². The molecule has 1 fully saturated rings. The van der Waals surface area contributed by atoms with Crippen LogP contribution in [0.1, 0.15) is 51.0 Å². The van der Waals surface area contributed by atoms with E-state index in [0.717, 1.165) is 16.6 Å². The Morgan fingerprint density at radius 3 is 2.48 bits per heavy atom. The van der Waals surface area contributed by atoms with Gasteiger partial charge in [-0.1, -0.05) is 0 Å². The molecule has 0 saturated carbocycles. The number of piperidine rings is 1. The van der Waals surface area contributed by atoms with E-state index < -0.39 is 11.1 Å². The predicted octanol–water partition coefficient (Wildman–Crippen LogP) is 3.50. The van der Waals surface area contributed by atoms with Gasteiger partial charge in [0.1, 0.15) is 11.3 Å². The molecule has 0 aliphatic carbocycles. The zero-order valence-electron chi connectivity index (χ0n) is 19.2. The summed E-state index contributed by atoms with van der Waals surface area (Å²) < 4.78 is 12.4. The monoisotopic (exact) mass is 430 g/mol. The number of benzene rings is 1. The highest BCUT2D eigenvalue weighted by Gasteiger charge is 2.34. The van der Waals surface area contributed by atoms with E-state index in [4.69, 9.17) is 15.2 Å². The molecule has 3 N–H and O–H groups in total. The van der Waals surface area contributed by atoms with Crippen LogP contribution in [0, 0.1) is 0 Å². The summed E-state index contributed by atoms with van der Waals surface area (Å²) >= 11 is 0. The van der Waals surface area contributed by atoms with Crippen molar-refractivity contribution >= 4 is 28.7 Å². The number of likely N-dealkylation sites (tertiary alicyclic amines) is 1. The van der Waals surface area contributed by atoms with Crippen molar-refractivity contribution in [2.45, 2.75) is 51.7 Å². The molecule has 1 amide bonds. The third kappa shape index (κ3) is 5.50. The highest BCUT2D eigenvalue weighted by Crippen LogP contribution is 2.26. The largest absolute Gasteiger partial charge is 0.461 e. The van der Waals surface area contributed by atoms with E-state index in [9.17, 15) is 9.59 Å². The number of ether oxygens (including phenoxy) is 2. The highest BCUT2D eigenvalue weighted by atomic mass is 16.6. The van der Waals surface area contributed by atoms with Crippen molar-refractivity contribution in [1.82, 2.24) is 9.47 Å². The molecule has 8 nitrogen and oxygen atoms in total. The molecule has 1 aliphatic rings. The quantitative estimate of drug-likeness (QED) is 0.705. The molecule has 1 aliphatic heterocycles. The van der Waals surface area contributed by atoms with E-state index in [0.29, 0.717) is 44.8 Å². The zero-order chi connectivity index (χ0) is 22.8. The lowest BCUT2D eigenvalue weighted by atomic mass is 9.88. The summed E-state index contributed by atoms with van der Waals surface area (Å²) in [6, 6.07) is 7.82. The van der Waals surface area contributed by atoms with Gasteiger partial charge >= 0.3 is 12.1 Å². The van der Waals surface area contributed by atoms with Gasteiger partial charge in [-0.05, 0) is 64.8 Å². The Morgan fingerprint density at radius 2 is 1.87 bits per heavy atom. The normalized spacial score (nSPS) is 16.3. The van der Waals surface area contributed by atoms with Crippen LogP contribution in [0.15, 0.2) is 24.3 Å². The topological polar surface area (TPSA) is 98.8 Å². The van der Waals surface area contributed by atoms with Crippen LogP contribution in [0.4, 0.5) is 10.5 Å².